The number of methoxy groups -OCH3 is 1. The molecule has 0 saturated carbocycles. The Labute approximate surface area is 88.5 Å². The van der Waals surface area contributed by atoms with Gasteiger partial charge < -0.3 is 20.9 Å². The molecule has 1 aromatic rings. The van der Waals surface area contributed by atoms with E-state index in [9.17, 15) is 0 Å². The summed E-state index contributed by atoms with van der Waals surface area (Å²) in [5.41, 5.74) is 5.60. The summed E-state index contributed by atoms with van der Waals surface area (Å²) in [6.45, 7) is 2.19. The van der Waals surface area contributed by atoms with Gasteiger partial charge in [-0.25, -0.2) is 9.97 Å². The molecule has 0 spiro atoms. The maximum absolute atomic E-state index is 8.88. The lowest BCUT2D eigenvalue weighted by molar-refractivity contribution is 0.178. The van der Waals surface area contributed by atoms with Gasteiger partial charge in [-0.2, -0.15) is 0 Å². The third kappa shape index (κ3) is 3.69. The van der Waals surface area contributed by atoms with E-state index in [-0.39, 0.29) is 12.6 Å². The average molecular weight is 212 g/mol. The van der Waals surface area contributed by atoms with Crippen LogP contribution in [0.1, 0.15) is 12.7 Å². The number of nitrogens with two attached hydrogens (primary N) is 1. The second-order valence-corrected chi connectivity index (χ2v) is 3.26. The summed E-state index contributed by atoms with van der Waals surface area (Å²) in [6, 6.07) is 1.54. The third-order valence-electron chi connectivity index (χ3n) is 1.73. The van der Waals surface area contributed by atoms with Crippen molar-refractivity contribution in [3.05, 3.63) is 11.9 Å². The van der Waals surface area contributed by atoms with Crippen molar-refractivity contribution < 1.29 is 9.84 Å². The highest BCUT2D eigenvalue weighted by atomic mass is 16.5. The Balaban J connectivity index is 2.78. The summed E-state index contributed by atoms with van der Waals surface area (Å²) < 4.78 is 4.91. The first-order valence-corrected chi connectivity index (χ1v) is 4.65. The van der Waals surface area contributed by atoms with Gasteiger partial charge in [0, 0.05) is 19.2 Å². The summed E-state index contributed by atoms with van der Waals surface area (Å²) in [4.78, 5) is 8.17. The van der Waals surface area contributed by atoms with Crippen LogP contribution in [0.2, 0.25) is 0 Å². The SMILES string of the molecule is COCc1nc(N)cc(NC(C)CO)n1. The van der Waals surface area contributed by atoms with Crippen molar-refractivity contribution in [2.45, 2.75) is 19.6 Å². The molecule has 0 amide bonds. The first-order valence-electron chi connectivity index (χ1n) is 4.65. The van der Waals surface area contributed by atoms with E-state index in [1.54, 1.807) is 13.2 Å². The van der Waals surface area contributed by atoms with Crippen LogP contribution < -0.4 is 11.1 Å². The van der Waals surface area contributed by atoms with Gasteiger partial charge in [0.1, 0.15) is 18.2 Å². The number of ether oxygens (including phenoxy) is 1. The van der Waals surface area contributed by atoms with E-state index in [2.05, 4.69) is 15.3 Å². The molecule has 4 N–H and O–H groups in total. The maximum Gasteiger partial charge on any atom is 0.158 e. The Morgan fingerprint density at radius 1 is 1.60 bits per heavy atom. The van der Waals surface area contributed by atoms with Crippen molar-refractivity contribution in [1.29, 1.82) is 0 Å². The first kappa shape index (κ1) is 11.7. The molecular weight excluding hydrogens is 196 g/mol. The molecular formula is C9H16N4O2. The molecule has 6 nitrogen and oxygen atoms in total. The summed E-state index contributed by atoms with van der Waals surface area (Å²) in [5, 5.41) is 11.9. The molecule has 1 unspecified atom stereocenters. The number of nitrogens with one attached hydrogen (secondary N) is 1. The number of hydrogen-bond donors (Lipinski definition) is 3. The molecule has 1 heterocycles. The van der Waals surface area contributed by atoms with Crippen molar-refractivity contribution in [3.63, 3.8) is 0 Å². The fraction of sp³-hybridized carbons (Fsp3) is 0.556. The number of anilines is 2. The number of nitrogen functional groups attached to an aromatic ring is 1. The van der Waals surface area contributed by atoms with E-state index in [1.807, 2.05) is 6.92 Å². The smallest absolute Gasteiger partial charge is 0.158 e. The molecule has 0 aliphatic heterocycles. The van der Waals surface area contributed by atoms with Gasteiger partial charge in [0.15, 0.2) is 5.82 Å². The predicted molar refractivity (Wildman–Crippen MR) is 57.3 cm³/mol. The number of aliphatic hydroxyl groups is 1. The molecule has 0 fully saturated rings. The number of aliphatic hydroxyl groups excluding tert-OH is 1. The quantitative estimate of drug-likeness (QED) is 0.636. The van der Waals surface area contributed by atoms with E-state index in [0.29, 0.717) is 24.1 Å². The Hall–Kier alpha value is -1.40. The second-order valence-electron chi connectivity index (χ2n) is 3.26. The van der Waals surface area contributed by atoms with Gasteiger partial charge in [0.2, 0.25) is 0 Å². The minimum atomic E-state index is -0.0744. The molecule has 15 heavy (non-hydrogen) atoms. The topological polar surface area (TPSA) is 93.3 Å². The van der Waals surface area contributed by atoms with Gasteiger partial charge in [-0.15, -0.1) is 0 Å². The highest BCUT2D eigenvalue weighted by Crippen LogP contribution is 2.09. The van der Waals surface area contributed by atoms with Crippen molar-refractivity contribution in [2.24, 2.45) is 0 Å². The monoisotopic (exact) mass is 212 g/mol. The molecule has 1 rings (SSSR count). The maximum atomic E-state index is 8.88. The number of rotatable bonds is 5. The van der Waals surface area contributed by atoms with Gasteiger partial charge >= 0.3 is 0 Å². The molecule has 1 aromatic heterocycles. The lowest BCUT2D eigenvalue weighted by Crippen LogP contribution is -2.20. The van der Waals surface area contributed by atoms with Gasteiger partial charge in [0.05, 0.1) is 6.61 Å². The number of hydrogen-bond acceptors (Lipinski definition) is 6. The fourth-order valence-corrected chi connectivity index (χ4v) is 1.08. The van der Waals surface area contributed by atoms with Gasteiger partial charge in [-0.1, -0.05) is 0 Å². The molecule has 1 atom stereocenters. The predicted octanol–water partition coefficient (Wildman–Crippen LogP) is -0.00210. The second kappa shape index (κ2) is 5.47. The Bertz CT molecular complexity index is 319. The van der Waals surface area contributed by atoms with Crippen LogP contribution in [0.3, 0.4) is 0 Å². The normalized spacial score (nSPS) is 12.5. The summed E-state index contributed by atoms with van der Waals surface area (Å²) in [7, 11) is 1.57. The highest BCUT2D eigenvalue weighted by Gasteiger charge is 2.05. The molecule has 0 radical (unpaired) electrons. The molecule has 0 aromatic carbocycles. The van der Waals surface area contributed by atoms with Crippen molar-refractivity contribution in [3.8, 4) is 0 Å². The van der Waals surface area contributed by atoms with Crippen LogP contribution in [-0.4, -0.2) is 34.8 Å². The summed E-state index contributed by atoms with van der Waals surface area (Å²) >= 11 is 0. The highest BCUT2D eigenvalue weighted by molar-refractivity contribution is 5.45. The molecule has 0 aliphatic carbocycles. The Morgan fingerprint density at radius 2 is 2.33 bits per heavy atom. The molecule has 0 bridgehead atoms. The minimum absolute atomic E-state index is 0.0313. The van der Waals surface area contributed by atoms with Crippen LogP contribution in [0.15, 0.2) is 6.07 Å². The fourth-order valence-electron chi connectivity index (χ4n) is 1.08. The van der Waals surface area contributed by atoms with E-state index < -0.39 is 0 Å². The van der Waals surface area contributed by atoms with E-state index in [4.69, 9.17) is 15.6 Å². The van der Waals surface area contributed by atoms with Crippen LogP contribution in [0.5, 0.6) is 0 Å². The summed E-state index contributed by atoms with van der Waals surface area (Å²) in [6.07, 6.45) is 0. The van der Waals surface area contributed by atoms with Crippen molar-refractivity contribution in [1.82, 2.24) is 9.97 Å². The molecule has 0 saturated heterocycles. The lowest BCUT2D eigenvalue weighted by Gasteiger charge is -2.12. The first-order chi connectivity index (χ1) is 7.15. The lowest BCUT2D eigenvalue weighted by atomic mass is 10.3. The van der Waals surface area contributed by atoms with Crippen LogP contribution in [-0.2, 0) is 11.3 Å². The Kier molecular flexibility index (Phi) is 4.26. The molecule has 84 valence electrons. The van der Waals surface area contributed by atoms with E-state index >= 15 is 0 Å². The van der Waals surface area contributed by atoms with Gasteiger partial charge in [0.25, 0.3) is 0 Å². The number of nitrogens with zero attached hydrogens (tertiary/aromatic N) is 2. The zero-order valence-electron chi connectivity index (χ0n) is 8.90. The molecule has 6 heteroatoms. The largest absolute Gasteiger partial charge is 0.394 e. The van der Waals surface area contributed by atoms with Crippen molar-refractivity contribution in [2.75, 3.05) is 24.8 Å². The Morgan fingerprint density at radius 3 is 2.93 bits per heavy atom. The van der Waals surface area contributed by atoms with Crippen LogP contribution in [0, 0.1) is 0 Å². The summed E-state index contributed by atoms with van der Waals surface area (Å²) in [5.74, 6) is 1.49. The van der Waals surface area contributed by atoms with Crippen molar-refractivity contribution >= 4 is 11.6 Å². The van der Waals surface area contributed by atoms with E-state index in [0.717, 1.165) is 0 Å². The molecule has 0 aliphatic rings. The van der Waals surface area contributed by atoms with Crippen LogP contribution in [0.25, 0.3) is 0 Å². The zero-order valence-corrected chi connectivity index (χ0v) is 8.90. The average Bonchev–Trinajstić information content (AvgIpc) is 2.17. The van der Waals surface area contributed by atoms with Gasteiger partial charge in [-0.05, 0) is 6.92 Å². The van der Waals surface area contributed by atoms with Crippen LogP contribution >= 0.6 is 0 Å². The zero-order chi connectivity index (χ0) is 11.3. The minimum Gasteiger partial charge on any atom is -0.394 e. The standard InChI is InChI=1S/C9H16N4O2/c1-6(4-14)11-8-3-7(10)12-9(13-8)5-15-2/h3,6,14H,4-5H2,1-2H3,(H3,10,11,12,13). The van der Waals surface area contributed by atoms with Crippen LogP contribution in [0.4, 0.5) is 11.6 Å². The third-order valence-corrected chi connectivity index (χ3v) is 1.73. The number of aromatic nitrogens is 2. The van der Waals surface area contributed by atoms with E-state index in [1.165, 1.54) is 0 Å². The van der Waals surface area contributed by atoms with Gasteiger partial charge in [-0.3, -0.25) is 0 Å².